The van der Waals surface area contributed by atoms with Crippen LogP contribution in [0.1, 0.15) is 17.0 Å². The van der Waals surface area contributed by atoms with Gasteiger partial charge in [0.25, 0.3) is 0 Å². The van der Waals surface area contributed by atoms with Crippen molar-refractivity contribution >= 4 is 23.1 Å². The zero-order valence-electron chi connectivity index (χ0n) is 13.7. The fourth-order valence-corrected chi connectivity index (χ4v) is 2.40. The quantitative estimate of drug-likeness (QED) is 0.733. The standard InChI is InChI=1S/C19H17NO4/c1-12-4-7-16-15(10-12)19(21)24-18(20-16)9-5-13-11-14(22-2)6-8-17(13)23-3/h4-11H,1-3H3/b9-5+. The number of aryl methyl sites for hydroxylation is 1. The first-order valence-electron chi connectivity index (χ1n) is 7.42. The summed E-state index contributed by atoms with van der Waals surface area (Å²) in [5.74, 6) is 1.63. The van der Waals surface area contributed by atoms with Crippen LogP contribution in [0.3, 0.4) is 0 Å². The molecule has 0 radical (unpaired) electrons. The van der Waals surface area contributed by atoms with Gasteiger partial charge in [-0.05, 0) is 43.3 Å². The molecule has 24 heavy (non-hydrogen) atoms. The lowest BCUT2D eigenvalue weighted by Gasteiger charge is -2.07. The Kier molecular flexibility index (Phi) is 4.33. The Morgan fingerprint density at radius 1 is 1.04 bits per heavy atom. The SMILES string of the molecule is COc1ccc(OC)c(/C=C/c2nc3ccc(C)cc3c(=O)o2)c1. The van der Waals surface area contributed by atoms with E-state index in [1.165, 1.54) is 0 Å². The van der Waals surface area contributed by atoms with E-state index in [0.29, 0.717) is 22.4 Å². The van der Waals surface area contributed by atoms with E-state index in [2.05, 4.69) is 4.98 Å². The molecule has 122 valence electrons. The normalized spacial score (nSPS) is 11.1. The Morgan fingerprint density at radius 3 is 2.62 bits per heavy atom. The average molecular weight is 323 g/mol. The maximum absolute atomic E-state index is 12.1. The van der Waals surface area contributed by atoms with Gasteiger partial charge in [0, 0.05) is 11.6 Å². The van der Waals surface area contributed by atoms with Crippen molar-refractivity contribution in [2.75, 3.05) is 14.2 Å². The molecule has 0 bridgehead atoms. The van der Waals surface area contributed by atoms with Crippen LogP contribution in [0.25, 0.3) is 23.1 Å². The molecule has 1 heterocycles. The van der Waals surface area contributed by atoms with Gasteiger partial charge in [-0.2, -0.15) is 0 Å². The van der Waals surface area contributed by atoms with E-state index in [-0.39, 0.29) is 5.89 Å². The van der Waals surface area contributed by atoms with Crippen LogP contribution in [0.15, 0.2) is 45.6 Å². The molecule has 0 unspecified atom stereocenters. The van der Waals surface area contributed by atoms with Gasteiger partial charge >= 0.3 is 5.63 Å². The number of hydrogen-bond donors (Lipinski definition) is 0. The zero-order chi connectivity index (χ0) is 17.1. The Hall–Kier alpha value is -3.08. The lowest BCUT2D eigenvalue weighted by molar-refractivity contribution is 0.402. The maximum Gasteiger partial charge on any atom is 0.347 e. The minimum absolute atomic E-state index is 0.237. The summed E-state index contributed by atoms with van der Waals surface area (Å²) in [5, 5.41) is 0.478. The summed E-state index contributed by atoms with van der Waals surface area (Å²) in [7, 11) is 3.19. The van der Waals surface area contributed by atoms with Gasteiger partial charge in [0.2, 0.25) is 5.89 Å². The van der Waals surface area contributed by atoms with Gasteiger partial charge in [-0.1, -0.05) is 11.6 Å². The molecule has 5 heteroatoms. The molecule has 3 rings (SSSR count). The van der Waals surface area contributed by atoms with Crippen molar-refractivity contribution in [2.45, 2.75) is 6.92 Å². The summed E-state index contributed by atoms with van der Waals surface area (Å²) in [5.41, 5.74) is 1.99. The van der Waals surface area contributed by atoms with Crippen LogP contribution in [0.5, 0.6) is 11.5 Å². The van der Waals surface area contributed by atoms with Crippen LogP contribution in [0.2, 0.25) is 0 Å². The summed E-state index contributed by atoms with van der Waals surface area (Å²) < 4.78 is 15.8. The predicted octanol–water partition coefficient (Wildman–Crippen LogP) is 3.68. The highest BCUT2D eigenvalue weighted by molar-refractivity contribution is 5.79. The average Bonchev–Trinajstić information content (AvgIpc) is 2.60. The predicted molar refractivity (Wildman–Crippen MR) is 93.5 cm³/mol. The fourth-order valence-electron chi connectivity index (χ4n) is 2.40. The number of ether oxygens (including phenoxy) is 2. The van der Waals surface area contributed by atoms with E-state index in [4.69, 9.17) is 13.9 Å². The summed E-state index contributed by atoms with van der Waals surface area (Å²) in [4.78, 5) is 16.5. The number of aromatic nitrogens is 1. The van der Waals surface area contributed by atoms with Gasteiger partial charge in [-0.15, -0.1) is 0 Å². The second-order valence-corrected chi connectivity index (χ2v) is 5.30. The summed E-state index contributed by atoms with van der Waals surface area (Å²) in [6.07, 6.45) is 3.41. The monoisotopic (exact) mass is 323 g/mol. The lowest BCUT2D eigenvalue weighted by Crippen LogP contribution is -2.03. The maximum atomic E-state index is 12.1. The minimum Gasteiger partial charge on any atom is -0.497 e. The van der Waals surface area contributed by atoms with Crippen LogP contribution in [-0.4, -0.2) is 19.2 Å². The highest BCUT2D eigenvalue weighted by atomic mass is 16.5. The highest BCUT2D eigenvalue weighted by Gasteiger charge is 2.06. The van der Waals surface area contributed by atoms with Gasteiger partial charge in [0.15, 0.2) is 0 Å². The molecule has 0 amide bonds. The number of hydrogen-bond acceptors (Lipinski definition) is 5. The van der Waals surface area contributed by atoms with Crippen molar-refractivity contribution < 1.29 is 13.9 Å². The van der Waals surface area contributed by atoms with E-state index >= 15 is 0 Å². The van der Waals surface area contributed by atoms with E-state index in [9.17, 15) is 4.79 Å². The van der Waals surface area contributed by atoms with Crippen molar-refractivity contribution in [3.8, 4) is 11.5 Å². The van der Waals surface area contributed by atoms with E-state index < -0.39 is 5.63 Å². The summed E-state index contributed by atoms with van der Waals surface area (Å²) in [6, 6.07) is 10.9. The van der Waals surface area contributed by atoms with Crippen LogP contribution in [0.4, 0.5) is 0 Å². The van der Waals surface area contributed by atoms with Crippen LogP contribution in [0, 0.1) is 6.92 Å². The van der Waals surface area contributed by atoms with E-state index in [1.54, 1.807) is 32.4 Å². The zero-order valence-corrected chi connectivity index (χ0v) is 13.7. The Morgan fingerprint density at radius 2 is 1.88 bits per heavy atom. The third-order valence-electron chi connectivity index (χ3n) is 3.64. The number of nitrogens with zero attached hydrogens (tertiary/aromatic N) is 1. The molecule has 0 N–H and O–H groups in total. The molecule has 2 aromatic carbocycles. The minimum atomic E-state index is -0.402. The summed E-state index contributed by atoms with van der Waals surface area (Å²) >= 11 is 0. The first kappa shape index (κ1) is 15.8. The van der Waals surface area contributed by atoms with Gasteiger partial charge in [0.05, 0.1) is 25.1 Å². The Labute approximate surface area is 139 Å². The molecule has 0 atom stereocenters. The smallest absolute Gasteiger partial charge is 0.347 e. The van der Waals surface area contributed by atoms with Crippen molar-refractivity contribution in [1.29, 1.82) is 0 Å². The van der Waals surface area contributed by atoms with Gasteiger partial charge in [0.1, 0.15) is 11.5 Å². The number of fused-ring (bicyclic) bond motifs is 1. The van der Waals surface area contributed by atoms with E-state index in [1.807, 2.05) is 37.3 Å². The van der Waals surface area contributed by atoms with Crippen molar-refractivity contribution in [3.63, 3.8) is 0 Å². The molecular weight excluding hydrogens is 306 g/mol. The van der Waals surface area contributed by atoms with Crippen LogP contribution < -0.4 is 15.1 Å². The third-order valence-corrected chi connectivity index (χ3v) is 3.64. The topological polar surface area (TPSA) is 61.6 Å². The second-order valence-electron chi connectivity index (χ2n) is 5.30. The molecule has 0 aliphatic heterocycles. The Bertz CT molecular complexity index is 973. The lowest BCUT2D eigenvalue weighted by atomic mass is 10.1. The van der Waals surface area contributed by atoms with E-state index in [0.717, 1.165) is 11.1 Å². The van der Waals surface area contributed by atoms with Crippen molar-refractivity contribution in [3.05, 3.63) is 63.8 Å². The van der Waals surface area contributed by atoms with Crippen LogP contribution in [-0.2, 0) is 0 Å². The van der Waals surface area contributed by atoms with Gasteiger partial charge in [-0.25, -0.2) is 9.78 Å². The van der Waals surface area contributed by atoms with Crippen LogP contribution >= 0.6 is 0 Å². The molecule has 0 saturated carbocycles. The highest BCUT2D eigenvalue weighted by Crippen LogP contribution is 2.25. The fraction of sp³-hybridized carbons (Fsp3) is 0.158. The summed E-state index contributed by atoms with van der Waals surface area (Å²) in [6.45, 7) is 1.92. The van der Waals surface area contributed by atoms with Gasteiger partial charge in [-0.3, -0.25) is 0 Å². The molecule has 1 aromatic heterocycles. The third kappa shape index (κ3) is 3.15. The molecule has 0 spiro atoms. The second kappa shape index (κ2) is 6.58. The molecule has 0 saturated heterocycles. The molecular formula is C19H17NO4. The number of rotatable bonds is 4. The molecule has 5 nitrogen and oxygen atoms in total. The van der Waals surface area contributed by atoms with Crippen molar-refractivity contribution in [2.24, 2.45) is 0 Å². The first-order chi connectivity index (χ1) is 11.6. The largest absolute Gasteiger partial charge is 0.497 e. The molecule has 0 aliphatic rings. The molecule has 3 aromatic rings. The molecule has 0 fully saturated rings. The number of benzene rings is 2. The first-order valence-corrected chi connectivity index (χ1v) is 7.42. The van der Waals surface area contributed by atoms with Crippen molar-refractivity contribution in [1.82, 2.24) is 4.98 Å². The number of methoxy groups -OCH3 is 2. The molecule has 0 aliphatic carbocycles. The Balaban J connectivity index is 2.02. The van der Waals surface area contributed by atoms with Gasteiger partial charge < -0.3 is 13.9 Å².